The smallest absolute Gasteiger partial charge is 0.319 e. The van der Waals surface area contributed by atoms with Crippen LogP contribution in [0.5, 0.6) is 11.9 Å². The van der Waals surface area contributed by atoms with Gasteiger partial charge in [-0.15, -0.1) is 0 Å². The number of morpholine rings is 1. The maximum Gasteiger partial charge on any atom is 0.319 e. The second-order valence-corrected chi connectivity index (χ2v) is 7.14. The fraction of sp³-hybridized carbons (Fsp3) is 0.476. The zero-order chi connectivity index (χ0) is 20.1. The molecule has 0 unspecified atom stereocenters. The Balaban J connectivity index is 1.30. The van der Waals surface area contributed by atoms with E-state index in [1.54, 1.807) is 12.3 Å². The Bertz CT molecular complexity index is 816. The van der Waals surface area contributed by atoms with Crippen LogP contribution in [-0.2, 0) is 4.74 Å². The van der Waals surface area contributed by atoms with Gasteiger partial charge in [0.1, 0.15) is 6.10 Å². The first-order valence-electron chi connectivity index (χ1n) is 9.98. The molecule has 0 atom stereocenters. The van der Waals surface area contributed by atoms with Crippen LogP contribution in [0.4, 0.5) is 5.69 Å². The summed E-state index contributed by atoms with van der Waals surface area (Å²) < 4.78 is 16.3. The number of benzene rings is 1. The topological polar surface area (TPSA) is 77.0 Å². The Morgan fingerprint density at radius 3 is 2.48 bits per heavy atom. The zero-order valence-corrected chi connectivity index (χ0v) is 16.6. The molecule has 1 aromatic carbocycles. The molecule has 4 rings (SSSR count). The van der Waals surface area contributed by atoms with E-state index in [0.29, 0.717) is 19.0 Å². The van der Waals surface area contributed by atoms with E-state index in [1.807, 2.05) is 29.2 Å². The van der Waals surface area contributed by atoms with Crippen LogP contribution in [-0.4, -0.2) is 73.4 Å². The van der Waals surface area contributed by atoms with Gasteiger partial charge in [0.2, 0.25) is 5.88 Å². The number of hydrogen-bond donors (Lipinski definition) is 0. The highest BCUT2D eigenvalue weighted by atomic mass is 16.5. The molecule has 2 fully saturated rings. The third-order valence-corrected chi connectivity index (χ3v) is 5.30. The summed E-state index contributed by atoms with van der Waals surface area (Å²) in [7, 11) is 1.52. The predicted octanol–water partition coefficient (Wildman–Crippen LogP) is 2.01. The Labute approximate surface area is 170 Å². The normalized spacial score (nSPS) is 17.8. The Morgan fingerprint density at radius 2 is 1.79 bits per heavy atom. The van der Waals surface area contributed by atoms with Crippen molar-refractivity contribution in [1.82, 2.24) is 14.9 Å². The Morgan fingerprint density at radius 1 is 1.07 bits per heavy atom. The van der Waals surface area contributed by atoms with Gasteiger partial charge in [0.05, 0.1) is 20.3 Å². The minimum Gasteiger partial charge on any atom is -0.474 e. The lowest BCUT2D eigenvalue weighted by molar-refractivity contribution is 0.0586. The van der Waals surface area contributed by atoms with Crippen LogP contribution in [0.25, 0.3) is 0 Å². The van der Waals surface area contributed by atoms with Crippen LogP contribution in [0.1, 0.15) is 23.2 Å². The van der Waals surface area contributed by atoms with Gasteiger partial charge in [-0.2, -0.15) is 4.98 Å². The van der Waals surface area contributed by atoms with Gasteiger partial charge < -0.3 is 24.0 Å². The number of hydrogen-bond acceptors (Lipinski definition) is 7. The van der Waals surface area contributed by atoms with E-state index < -0.39 is 0 Å². The summed E-state index contributed by atoms with van der Waals surface area (Å²) in [5.74, 6) is 0.570. The van der Waals surface area contributed by atoms with Gasteiger partial charge in [0.15, 0.2) is 0 Å². The van der Waals surface area contributed by atoms with Gasteiger partial charge in [-0.3, -0.25) is 4.79 Å². The van der Waals surface area contributed by atoms with Crippen molar-refractivity contribution in [2.24, 2.45) is 0 Å². The van der Waals surface area contributed by atoms with Crippen molar-refractivity contribution in [3.8, 4) is 11.9 Å². The predicted molar refractivity (Wildman–Crippen MR) is 108 cm³/mol. The molecule has 0 saturated carbocycles. The number of carbonyl (C=O) groups is 1. The van der Waals surface area contributed by atoms with Crippen molar-refractivity contribution in [3.05, 3.63) is 42.1 Å². The van der Waals surface area contributed by atoms with Gasteiger partial charge in [0, 0.05) is 62.5 Å². The molecule has 2 aliphatic rings. The van der Waals surface area contributed by atoms with Crippen LogP contribution in [0.3, 0.4) is 0 Å². The molecule has 3 heterocycles. The molecule has 0 N–H and O–H groups in total. The van der Waals surface area contributed by atoms with Crippen LogP contribution in [0, 0.1) is 0 Å². The number of ether oxygens (including phenoxy) is 3. The summed E-state index contributed by atoms with van der Waals surface area (Å²) in [6, 6.07) is 9.89. The van der Waals surface area contributed by atoms with Crippen molar-refractivity contribution in [2.75, 3.05) is 51.4 Å². The number of nitrogens with zero attached hydrogens (tertiary/aromatic N) is 4. The molecule has 0 bridgehead atoms. The van der Waals surface area contributed by atoms with Crippen molar-refractivity contribution < 1.29 is 19.0 Å². The molecule has 0 spiro atoms. The van der Waals surface area contributed by atoms with Crippen LogP contribution >= 0.6 is 0 Å². The number of anilines is 1. The van der Waals surface area contributed by atoms with E-state index in [0.717, 1.165) is 50.4 Å². The molecule has 2 saturated heterocycles. The second kappa shape index (κ2) is 9.09. The number of aromatic nitrogens is 2. The molecule has 1 aromatic heterocycles. The maximum absolute atomic E-state index is 12.9. The number of methoxy groups -OCH3 is 1. The van der Waals surface area contributed by atoms with Gasteiger partial charge in [-0.25, -0.2) is 4.98 Å². The van der Waals surface area contributed by atoms with E-state index in [4.69, 9.17) is 14.2 Å². The standard InChI is InChI=1S/C21H26N4O4/c1-27-21-22-9-6-19(23-21)29-18-7-10-25(11-8-18)20(26)16-2-4-17(5-3-16)24-12-14-28-15-13-24/h2-6,9,18H,7-8,10-15H2,1H3. The average molecular weight is 398 g/mol. The third kappa shape index (κ3) is 4.76. The molecule has 29 heavy (non-hydrogen) atoms. The molecular formula is C21H26N4O4. The third-order valence-electron chi connectivity index (χ3n) is 5.30. The molecule has 1 amide bonds. The fourth-order valence-electron chi connectivity index (χ4n) is 3.66. The summed E-state index contributed by atoms with van der Waals surface area (Å²) in [5, 5.41) is 0. The lowest BCUT2D eigenvalue weighted by Gasteiger charge is -2.32. The first-order valence-corrected chi connectivity index (χ1v) is 9.98. The molecule has 2 aliphatic heterocycles. The van der Waals surface area contributed by atoms with Crippen LogP contribution in [0.15, 0.2) is 36.5 Å². The highest BCUT2D eigenvalue weighted by Crippen LogP contribution is 2.21. The number of carbonyl (C=O) groups excluding carboxylic acids is 1. The minimum atomic E-state index is 0.0300. The summed E-state index contributed by atoms with van der Waals surface area (Å²) in [6.07, 6.45) is 3.18. The first kappa shape index (κ1) is 19.4. The summed E-state index contributed by atoms with van der Waals surface area (Å²) in [4.78, 5) is 25.2. The van der Waals surface area contributed by atoms with Gasteiger partial charge in [0.25, 0.3) is 5.91 Å². The van der Waals surface area contributed by atoms with Crippen molar-refractivity contribution in [2.45, 2.75) is 18.9 Å². The largest absolute Gasteiger partial charge is 0.474 e. The van der Waals surface area contributed by atoms with Crippen molar-refractivity contribution in [3.63, 3.8) is 0 Å². The number of likely N-dealkylation sites (tertiary alicyclic amines) is 1. The molecule has 0 aliphatic carbocycles. The quantitative estimate of drug-likeness (QED) is 0.762. The molecule has 0 radical (unpaired) electrons. The van der Waals surface area contributed by atoms with Crippen molar-refractivity contribution >= 4 is 11.6 Å². The molecule has 8 heteroatoms. The van der Waals surface area contributed by atoms with Gasteiger partial charge in [-0.05, 0) is 24.3 Å². The highest BCUT2D eigenvalue weighted by molar-refractivity contribution is 5.94. The van der Waals surface area contributed by atoms with E-state index in [-0.39, 0.29) is 18.0 Å². The van der Waals surface area contributed by atoms with E-state index in [9.17, 15) is 4.79 Å². The summed E-state index contributed by atoms with van der Waals surface area (Å²) >= 11 is 0. The van der Waals surface area contributed by atoms with E-state index in [2.05, 4.69) is 14.9 Å². The SMILES string of the molecule is COc1nccc(OC2CCN(C(=O)c3ccc(N4CCOCC4)cc3)CC2)n1. The van der Waals surface area contributed by atoms with Crippen LogP contribution < -0.4 is 14.4 Å². The minimum absolute atomic E-state index is 0.0300. The maximum atomic E-state index is 12.9. The number of amides is 1. The van der Waals surface area contributed by atoms with E-state index >= 15 is 0 Å². The molecule has 154 valence electrons. The summed E-state index contributed by atoms with van der Waals surface area (Å²) in [6.45, 7) is 4.60. The Hall–Kier alpha value is -2.87. The molecule has 2 aromatic rings. The van der Waals surface area contributed by atoms with Gasteiger partial charge in [-0.1, -0.05) is 0 Å². The summed E-state index contributed by atoms with van der Waals surface area (Å²) in [5.41, 5.74) is 1.86. The zero-order valence-electron chi connectivity index (χ0n) is 16.6. The Kier molecular flexibility index (Phi) is 6.09. The highest BCUT2D eigenvalue weighted by Gasteiger charge is 2.25. The monoisotopic (exact) mass is 398 g/mol. The van der Waals surface area contributed by atoms with Crippen LogP contribution in [0.2, 0.25) is 0 Å². The van der Waals surface area contributed by atoms with Crippen molar-refractivity contribution in [1.29, 1.82) is 0 Å². The van der Waals surface area contributed by atoms with Gasteiger partial charge >= 0.3 is 6.01 Å². The number of rotatable bonds is 5. The number of piperidine rings is 1. The average Bonchev–Trinajstić information content (AvgIpc) is 2.80. The molecular weight excluding hydrogens is 372 g/mol. The lowest BCUT2D eigenvalue weighted by Crippen LogP contribution is -2.41. The second-order valence-electron chi connectivity index (χ2n) is 7.14. The first-order chi connectivity index (χ1) is 14.2. The lowest BCUT2D eigenvalue weighted by atomic mass is 10.1. The van der Waals surface area contributed by atoms with E-state index in [1.165, 1.54) is 7.11 Å². The fourth-order valence-corrected chi connectivity index (χ4v) is 3.66. The molecule has 8 nitrogen and oxygen atoms in total.